The third-order valence-electron chi connectivity index (χ3n) is 5.99. The van der Waals surface area contributed by atoms with Crippen LogP contribution < -0.4 is 10.1 Å². The largest absolute Gasteiger partial charge is 0.483 e. The summed E-state index contributed by atoms with van der Waals surface area (Å²) in [6, 6.07) is 25.0. The maximum Gasteiger partial charge on any atom is 0.261 e. The van der Waals surface area contributed by atoms with Crippen LogP contribution in [0.4, 0.5) is 0 Å². The molecule has 0 bridgehead atoms. The zero-order chi connectivity index (χ0) is 25.2. The number of rotatable bonds is 11. The minimum atomic E-state index is -0.657. The molecule has 3 rings (SSSR count). The summed E-state index contributed by atoms with van der Waals surface area (Å²) in [6.45, 7) is 8.78. The molecule has 0 aromatic heterocycles. The van der Waals surface area contributed by atoms with E-state index in [2.05, 4.69) is 19.2 Å². The van der Waals surface area contributed by atoms with Crippen LogP contribution in [0.1, 0.15) is 48.9 Å². The Balaban J connectivity index is 1.90. The topological polar surface area (TPSA) is 58.6 Å². The average Bonchev–Trinajstić information content (AvgIpc) is 2.86. The second-order valence-electron chi connectivity index (χ2n) is 9.09. The van der Waals surface area contributed by atoms with Gasteiger partial charge in [0.25, 0.3) is 5.91 Å². The van der Waals surface area contributed by atoms with E-state index in [-0.39, 0.29) is 24.3 Å². The number of likely N-dealkylation sites (N-methyl/N-ethyl adjacent to an activating group) is 1. The van der Waals surface area contributed by atoms with Gasteiger partial charge in [0, 0.05) is 19.5 Å². The molecule has 35 heavy (non-hydrogen) atoms. The number of para-hydroxylation sites is 1. The van der Waals surface area contributed by atoms with Crippen LogP contribution in [0.2, 0.25) is 0 Å². The van der Waals surface area contributed by atoms with E-state index in [9.17, 15) is 9.59 Å². The fourth-order valence-electron chi connectivity index (χ4n) is 4.05. The molecule has 1 N–H and O–H groups in total. The van der Waals surface area contributed by atoms with Crippen LogP contribution >= 0.6 is 0 Å². The Labute approximate surface area is 209 Å². The fourth-order valence-corrected chi connectivity index (χ4v) is 4.05. The zero-order valence-corrected chi connectivity index (χ0v) is 21.2. The molecule has 0 aliphatic rings. The second kappa shape index (κ2) is 12.7. The molecule has 0 saturated heterocycles. The highest BCUT2D eigenvalue weighted by atomic mass is 16.5. The molecule has 3 aromatic carbocycles. The number of hydrogen-bond acceptors (Lipinski definition) is 3. The number of carbonyl (C=O) groups is 2. The predicted molar refractivity (Wildman–Crippen MR) is 140 cm³/mol. The van der Waals surface area contributed by atoms with E-state index in [0.717, 1.165) is 22.3 Å². The van der Waals surface area contributed by atoms with Gasteiger partial charge in [-0.1, -0.05) is 92.2 Å². The highest BCUT2D eigenvalue weighted by Crippen LogP contribution is 2.26. The van der Waals surface area contributed by atoms with Gasteiger partial charge in [0.1, 0.15) is 11.8 Å². The third kappa shape index (κ3) is 7.44. The molecule has 2 amide bonds. The average molecular weight is 473 g/mol. The van der Waals surface area contributed by atoms with Crippen LogP contribution in [-0.4, -0.2) is 35.9 Å². The van der Waals surface area contributed by atoms with Crippen LogP contribution in [0, 0.1) is 6.92 Å². The summed E-state index contributed by atoms with van der Waals surface area (Å²) in [6.07, 6.45) is 0.423. The van der Waals surface area contributed by atoms with E-state index in [1.807, 2.05) is 92.7 Å². The summed E-state index contributed by atoms with van der Waals surface area (Å²) in [5.41, 5.74) is 4.16. The first-order chi connectivity index (χ1) is 16.9. The van der Waals surface area contributed by atoms with E-state index >= 15 is 0 Å². The SMILES string of the molecule is CCNC(=O)[C@@H](Cc1ccccc1)N(Cc1ccc(C)cc1)C(=O)COc1ccccc1C(C)C. The van der Waals surface area contributed by atoms with E-state index in [4.69, 9.17) is 4.74 Å². The number of aryl methyl sites for hydroxylation is 1. The van der Waals surface area contributed by atoms with E-state index in [0.29, 0.717) is 25.3 Å². The molecular formula is C30H36N2O3. The van der Waals surface area contributed by atoms with Crippen molar-refractivity contribution in [1.29, 1.82) is 0 Å². The fraction of sp³-hybridized carbons (Fsp3) is 0.333. The van der Waals surface area contributed by atoms with Crippen molar-refractivity contribution in [2.24, 2.45) is 0 Å². The Morgan fingerprint density at radius 3 is 2.20 bits per heavy atom. The molecule has 3 aromatic rings. The monoisotopic (exact) mass is 472 g/mol. The van der Waals surface area contributed by atoms with Gasteiger partial charge in [-0.3, -0.25) is 9.59 Å². The molecule has 0 aliphatic carbocycles. The Hall–Kier alpha value is -3.60. The number of hydrogen-bond donors (Lipinski definition) is 1. The first kappa shape index (κ1) is 26.0. The summed E-state index contributed by atoms with van der Waals surface area (Å²) < 4.78 is 6.02. The van der Waals surface area contributed by atoms with Crippen molar-refractivity contribution in [2.75, 3.05) is 13.2 Å². The molecule has 5 heteroatoms. The number of carbonyl (C=O) groups excluding carboxylic acids is 2. The van der Waals surface area contributed by atoms with Crippen molar-refractivity contribution in [3.05, 3.63) is 101 Å². The standard InChI is InChI=1S/C30H36N2O3/c1-5-31-30(34)27(19-24-11-7-6-8-12-24)32(20-25-17-15-23(4)16-18-25)29(33)21-35-28-14-10-9-13-26(28)22(2)3/h6-18,22,27H,5,19-21H2,1-4H3,(H,31,34)/t27-/m1/s1. The molecule has 0 heterocycles. The Morgan fingerprint density at radius 2 is 1.54 bits per heavy atom. The molecule has 0 aliphatic heterocycles. The van der Waals surface area contributed by atoms with Crippen molar-refractivity contribution >= 4 is 11.8 Å². The Morgan fingerprint density at radius 1 is 0.886 bits per heavy atom. The smallest absolute Gasteiger partial charge is 0.261 e. The molecule has 0 spiro atoms. The van der Waals surface area contributed by atoms with Gasteiger partial charge in [0.2, 0.25) is 5.91 Å². The summed E-state index contributed by atoms with van der Waals surface area (Å²) in [4.78, 5) is 28.5. The van der Waals surface area contributed by atoms with E-state index in [1.165, 1.54) is 0 Å². The van der Waals surface area contributed by atoms with Crippen LogP contribution in [0.15, 0.2) is 78.9 Å². The van der Waals surface area contributed by atoms with Crippen molar-refractivity contribution < 1.29 is 14.3 Å². The van der Waals surface area contributed by atoms with Gasteiger partial charge in [0.15, 0.2) is 6.61 Å². The number of amides is 2. The molecule has 1 atom stereocenters. The quantitative estimate of drug-likeness (QED) is 0.413. The van der Waals surface area contributed by atoms with Crippen LogP contribution in [0.5, 0.6) is 5.75 Å². The summed E-state index contributed by atoms with van der Waals surface area (Å²) >= 11 is 0. The number of benzene rings is 3. The highest BCUT2D eigenvalue weighted by molar-refractivity contribution is 5.88. The van der Waals surface area contributed by atoms with Gasteiger partial charge in [-0.15, -0.1) is 0 Å². The van der Waals surface area contributed by atoms with Crippen molar-refractivity contribution in [1.82, 2.24) is 10.2 Å². The maximum atomic E-state index is 13.6. The molecule has 0 radical (unpaired) electrons. The van der Waals surface area contributed by atoms with Gasteiger partial charge in [-0.2, -0.15) is 0 Å². The molecule has 0 saturated carbocycles. The third-order valence-corrected chi connectivity index (χ3v) is 5.99. The lowest BCUT2D eigenvalue weighted by atomic mass is 10.0. The van der Waals surface area contributed by atoms with Crippen molar-refractivity contribution in [3.63, 3.8) is 0 Å². The molecule has 184 valence electrons. The maximum absolute atomic E-state index is 13.6. The van der Waals surface area contributed by atoms with Crippen molar-refractivity contribution in [2.45, 2.75) is 52.6 Å². The summed E-state index contributed by atoms with van der Waals surface area (Å²) in [5, 5.41) is 2.92. The van der Waals surface area contributed by atoms with Crippen LogP contribution in [-0.2, 0) is 22.6 Å². The molecule has 0 unspecified atom stereocenters. The van der Waals surface area contributed by atoms with Crippen LogP contribution in [0.25, 0.3) is 0 Å². The Kier molecular flexibility index (Phi) is 9.47. The molecular weight excluding hydrogens is 436 g/mol. The first-order valence-electron chi connectivity index (χ1n) is 12.3. The van der Waals surface area contributed by atoms with Gasteiger partial charge < -0.3 is 15.0 Å². The van der Waals surface area contributed by atoms with E-state index < -0.39 is 6.04 Å². The van der Waals surface area contributed by atoms with Gasteiger partial charge in [0.05, 0.1) is 0 Å². The van der Waals surface area contributed by atoms with Crippen molar-refractivity contribution in [3.8, 4) is 5.75 Å². The zero-order valence-electron chi connectivity index (χ0n) is 21.2. The Bertz CT molecular complexity index is 1090. The normalized spacial score (nSPS) is 11.7. The minimum Gasteiger partial charge on any atom is -0.483 e. The van der Waals surface area contributed by atoms with Gasteiger partial charge >= 0.3 is 0 Å². The van der Waals surface area contributed by atoms with Crippen LogP contribution in [0.3, 0.4) is 0 Å². The lowest BCUT2D eigenvalue weighted by Crippen LogP contribution is -2.51. The number of nitrogens with one attached hydrogen (secondary N) is 1. The summed E-state index contributed by atoms with van der Waals surface area (Å²) in [5.74, 6) is 0.575. The van der Waals surface area contributed by atoms with E-state index in [1.54, 1.807) is 4.90 Å². The number of nitrogens with zero attached hydrogens (tertiary/aromatic N) is 1. The lowest BCUT2D eigenvalue weighted by molar-refractivity contribution is -0.142. The minimum absolute atomic E-state index is 0.139. The van der Waals surface area contributed by atoms with Gasteiger partial charge in [-0.25, -0.2) is 0 Å². The molecule has 0 fully saturated rings. The number of ether oxygens (including phenoxy) is 1. The lowest BCUT2D eigenvalue weighted by Gasteiger charge is -2.31. The highest BCUT2D eigenvalue weighted by Gasteiger charge is 2.30. The summed E-state index contributed by atoms with van der Waals surface area (Å²) in [7, 11) is 0. The van der Waals surface area contributed by atoms with Gasteiger partial charge in [-0.05, 0) is 42.5 Å². The first-order valence-corrected chi connectivity index (χ1v) is 12.3. The second-order valence-corrected chi connectivity index (χ2v) is 9.09. The predicted octanol–water partition coefficient (Wildman–Crippen LogP) is 5.27. The molecule has 5 nitrogen and oxygen atoms in total.